The molecular weight excluding hydrogens is 424 g/mol. The van der Waals surface area contributed by atoms with Gasteiger partial charge in [0, 0.05) is 0 Å². The van der Waals surface area contributed by atoms with Crippen LogP contribution in [0.4, 0.5) is 0 Å². The summed E-state index contributed by atoms with van der Waals surface area (Å²) in [5, 5.41) is 34.2. The predicted molar refractivity (Wildman–Crippen MR) is 137 cm³/mol. The van der Waals surface area contributed by atoms with Crippen molar-refractivity contribution in [2.75, 3.05) is 0 Å². The molecule has 0 aromatic heterocycles. The Hall–Kier alpha value is -0.420. The van der Waals surface area contributed by atoms with Crippen LogP contribution in [-0.2, 0) is 4.74 Å². The molecule has 0 spiro atoms. The van der Waals surface area contributed by atoms with Gasteiger partial charge in [-0.05, 0) is 127 Å². The van der Waals surface area contributed by atoms with Crippen molar-refractivity contribution in [1.82, 2.24) is 0 Å². The molecule has 9 unspecified atom stereocenters. The monoisotopic (exact) mass is 476 g/mol. The summed E-state index contributed by atoms with van der Waals surface area (Å²) in [6, 6.07) is 0. The third-order valence-corrected chi connectivity index (χ3v) is 11.5. The SMILES string of the molecule is CC1=CCC2C1CCC(C)(O)C(CCC1C(C)(O)CCC3OC(C)(C)C(O)CCC31C)C2(C)C. The van der Waals surface area contributed by atoms with Crippen molar-refractivity contribution in [3.8, 4) is 0 Å². The highest BCUT2D eigenvalue weighted by atomic mass is 16.5. The van der Waals surface area contributed by atoms with E-state index >= 15 is 0 Å². The maximum atomic E-state index is 11.8. The first-order valence-electron chi connectivity index (χ1n) is 14.0. The minimum atomic E-state index is -0.761. The number of rotatable bonds is 3. The van der Waals surface area contributed by atoms with Crippen LogP contribution in [0.2, 0.25) is 0 Å². The Kier molecular flexibility index (Phi) is 6.71. The van der Waals surface area contributed by atoms with Gasteiger partial charge in [-0.25, -0.2) is 0 Å². The van der Waals surface area contributed by atoms with Gasteiger partial charge in [0.15, 0.2) is 0 Å². The number of hydrogen-bond acceptors (Lipinski definition) is 4. The maximum Gasteiger partial charge on any atom is 0.0888 e. The lowest BCUT2D eigenvalue weighted by molar-refractivity contribution is -0.207. The lowest BCUT2D eigenvalue weighted by Crippen LogP contribution is -2.56. The first-order valence-corrected chi connectivity index (χ1v) is 14.0. The minimum Gasteiger partial charge on any atom is -0.390 e. The lowest BCUT2D eigenvalue weighted by atomic mass is 9.54. The van der Waals surface area contributed by atoms with Gasteiger partial charge in [0.2, 0.25) is 0 Å². The van der Waals surface area contributed by atoms with Gasteiger partial charge in [0.05, 0.1) is 29.0 Å². The number of aliphatic hydroxyl groups is 3. The van der Waals surface area contributed by atoms with Gasteiger partial charge in [-0.2, -0.15) is 0 Å². The Bertz CT molecular complexity index is 794. The molecule has 1 aliphatic heterocycles. The van der Waals surface area contributed by atoms with Crippen molar-refractivity contribution in [2.45, 2.75) is 142 Å². The summed E-state index contributed by atoms with van der Waals surface area (Å²) < 4.78 is 6.59. The molecule has 34 heavy (non-hydrogen) atoms. The molecule has 0 aromatic rings. The largest absolute Gasteiger partial charge is 0.390 e. The zero-order chi connectivity index (χ0) is 25.3. The van der Waals surface area contributed by atoms with E-state index in [1.807, 2.05) is 20.8 Å². The molecule has 3 fully saturated rings. The molecule has 1 saturated heterocycles. The lowest BCUT2D eigenvalue weighted by Gasteiger charge is -2.55. The van der Waals surface area contributed by atoms with Crippen molar-refractivity contribution in [1.29, 1.82) is 0 Å². The van der Waals surface area contributed by atoms with Gasteiger partial charge in [0.25, 0.3) is 0 Å². The van der Waals surface area contributed by atoms with Crippen molar-refractivity contribution in [3.05, 3.63) is 11.6 Å². The van der Waals surface area contributed by atoms with Crippen LogP contribution in [0.5, 0.6) is 0 Å². The van der Waals surface area contributed by atoms with E-state index in [4.69, 9.17) is 4.74 Å². The van der Waals surface area contributed by atoms with Crippen LogP contribution in [0, 0.1) is 34.5 Å². The van der Waals surface area contributed by atoms with E-state index in [0.717, 1.165) is 51.4 Å². The molecule has 3 N–H and O–H groups in total. The molecule has 4 nitrogen and oxygen atoms in total. The average Bonchev–Trinajstić information content (AvgIpc) is 3.03. The Labute approximate surface area is 208 Å². The third kappa shape index (κ3) is 4.33. The van der Waals surface area contributed by atoms with Gasteiger partial charge < -0.3 is 20.1 Å². The zero-order valence-corrected chi connectivity index (χ0v) is 23.2. The van der Waals surface area contributed by atoms with E-state index in [1.165, 1.54) is 5.57 Å². The summed E-state index contributed by atoms with van der Waals surface area (Å²) in [6.07, 6.45) is 9.94. The van der Waals surface area contributed by atoms with E-state index in [9.17, 15) is 15.3 Å². The summed E-state index contributed by atoms with van der Waals surface area (Å²) in [5.41, 5.74) is -0.679. The summed E-state index contributed by atoms with van der Waals surface area (Å²) >= 11 is 0. The van der Waals surface area contributed by atoms with Crippen molar-refractivity contribution < 1.29 is 20.1 Å². The van der Waals surface area contributed by atoms with Gasteiger partial charge in [-0.3, -0.25) is 0 Å². The smallest absolute Gasteiger partial charge is 0.0888 e. The molecule has 196 valence electrons. The fourth-order valence-electron chi connectivity index (χ4n) is 9.17. The predicted octanol–water partition coefficient (Wildman–Crippen LogP) is 6.02. The van der Waals surface area contributed by atoms with E-state index < -0.39 is 22.9 Å². The molecule has 4 heteroatoms. The quantitative estimate of drug-likeness (QED) is 0.436. The summed E-state index contributed by atoms with van der Waals surface area (Å²) in [5.74, 6) is 1.43. The Morgan fingerprint density at radius 2 is 1.44 bits per heavy atom. The first kappa shape index (κ1) is 26.6. The highest BCUT2D eigenvalue weighted by Crippen LogP contribution is 2.59. The Morgan fingerprint density at radius 1 is 0.853 bits per heavy atom. The van der Waals surface area contributed by atoms with Crippen LogP contribution in [0.15, 0.2) is 11.6 Å². The highest BCUT2D eigenvalue weighted by Gasteiger charge is 2.58. The van der Waals surface area contributed by atoms with Gasteiger partial charge in [-0.15, -0.1) is 0 Å². The highest BCUT2D eigenvalue weighted by molar-refractivity contribution is 5.18. The fraction of sp³-hybridized carbons (Fsp3) is 0.933. The number of fused-ring (bicyclic) bond motifs is 2. The molecule has 1 heterocycles. The topological polar surface area (TPSA) is 69.9 Å². The van der Waals surface area contributed by atoms with E-state index in [2.05, 4.69) is 40.7 Å². The molecule has 0 bridgehead atoms. The molecule has 0 aromatic carbocycles. The normalized spacial score (nSPS) is 50.5. The minimum absolute atomic E-state index is 0.0257. The van der Waals surface area contributed by atoms with Gasteiger partial charge in [-0.1, -0.05) is 32.4 Å². The van der Waals surface area contributed by atoms with Gasteiger partial charge in [0.1, 0.15) is 0 Å². The molecule has 0 amide bonds. The average molecular weight is 477 g/mol. The van der Waals surface area contributed by atoms with E-state index in [1.54, 1.807) is 0 Å². The number of allylic oxidation sites excluding steroid dienone is 2. The Balaban J connectivity index is 1.61. The molecule has 4 rings (SSSR count). The zero-order valence-electron chi connectivity index (χ0n) is 23.2. The second-order valence-corrected chi connectivity index (χ2v) is 14.5. The molecule has 9 atom stereocenters. The van der Waals surface area contributed by atoms with Crippen LogP contribution in [-0.4, -0.2) is 44.3 Å². The van der Waals surface area contributed by atoms with E-state index in [-0.39, 0.29) is 28.8 Å². The number of hydrogen-bond donors (Lipinski definition) is 3. The summed E-state index contributed by atoms with van der Waals surface area (Å²) in [7, 11) is 0. The fourth-order valence-corrected chi connectivity index (χ4v) is 9.17. The van der Waals surface area contributed by atoms with Crippen LogP contribution >= 0.6 is 0 Å². The van der Waals surface area contributed by atoms with Crippen LogP contribution in [0.3, 0.4) is 0 Å². The second kappa shape index (κ2) is 8.57. The third-order valence-electron chi connectivity index (χ3n) is 11.5. The molecule has 2 saturated carbocycles. The molecule has 3 aliphatic carbocycles. The molecular formula is C30H52O4. The van der Waals surface area contributed by atoms with Crippen molar-refractivity contribution in [3.63, 3.8) is 0 Å². The second-order valence-electron chi connectivity index (χ2n) is 14.5. The number of aliphatic hydroxyl groups excluding tert-OH is 1. The Morgan fingerprint density at radius 3 is 2.12 bits per heavy atom. The number of ether oxygens (including phenoxy) is 1. The molecule has 4 aliphatic rings. The van der Waals surface area contributed by atoms with Crippen molar-refractivity contribution >= 4 is 0 Å². The molecule has 0 radical (unpaired) electrons. The first-order chi connectivity index (χ1) is 15.5. The standard InChI is InChI=1S/C30H52O4/c1-19-9-10-21-20(19)13-17-29(7,32)22(26(21,2)3)11-12-23-28(6)16-14-24(31)27(4,5)34-25(28)15-18-30(23,8)33/h9,20-25,31-33H,10-18H2,1-8H3. The summed E-state index contributed by atoms with van der Waals surface area (Å²) in [6.45, 7) is 17.4. The van der Waals surface area contributed by atoms with Gasteiger partial charge >= 0.3 is 0 Å². The van der Waals surface area contributed by atoms with E-state index in [0.29, 0.717) is 18.3 Å². The van der Waals surface area contributed by atoms with Crippen LogP contribution in [0.1, 0.15) is 113 Å². The van der Waals surface area contributed by atoms with Crippen LogP contribution < -0.4 is 0 Å². The summed E-state index contributed by atoms with van der Waals surface area (Å²) in [4.78, 5) is 0. The van der Waals surface area contributed by atoms with Crippen LogP contribution in [0.25, 0.3) is 0 Å². The van der Waals surface area contributed by atoms with Crippen molar-refractivity contribution in [2.24, 2.45) is 34.5 Å². The maximum absolute atomic E-state index is 11.8.